The molecule has 0 saturated heterocycles. The Morgan fingerprint density at radius 3 is 1.64 bits per heavy atom. The molecule has 0 aliphatic heterocycles. The van der Waals surface area contributed by atoms with Gasteiger partial charge in [-0.3, -0.25) is 4.57 Å². The third kappa shape index (κ3) is 4.99. The molecule has 0 saturated carbocycles. The Balaban J connectivity index is 1.06. The van der Waals surface area contributed by atoms with Gasteiger partial charge in [-0.1, -0.05) is 133 Å². The Labute approximate surface area is 375 Å². The number of benzene rings is 10. The third-order valence-electron chi connectivity index (χ3n) is 13.5. The smallest absolute Gasteiger partial charge is 0.238 e. The van der Waals surface area contributed by atoms with Gasteiger partial charge in [0.05, 0.1) is 33.1 Å². The molecule has 0 radical (unpaired) electrons. The van der Waals surface area contributed by atoms with Gasteiger partial charge in [-0.25, -0.2) is 4.98 Å². The summed E-state index contributed by atoms with van der Waals surface area (Å²) in [5, 5.41) is 13.3. The fraction of sp³-hybridized carbons (Fsp3) is 0. The minimum absolute atomic E-state index is 0.512. The van der Waals surface area contributed by atoms with E-state index >= 15 is 0 Å². The summed E-state index contributed by atoms with van der Waals surface area (Å²) < 4.78 is 18.0. The van der Waals surface area contributed by atoms with E-state index in [0.717, 1.165) is 104 Å². The van der Waals surface area contributed by atoms with Crippen molar-refractivity contribution in [3.63, 3.8) is 0 Å². The number of rotatable bonds is 4. The molecule has 15 aromatic rings. The number of hydrogen-bond donors (Lipinski definition) is 0. The van der Waals surface area contributed by atoms with Gasteiger partial charge in [-0.2, -0.15) is 9.97 Å². The van der Waals surface area contributed by atoms with Crippen molar-refractivity contribution in [2.75, 3.05) is 0 Å². The summed E-state index contributed by atoms with van der Waals surface area (Å²) >= 11 is 0. The lowest BCUT2D eigenvalue weighted by Gasteiger charge is -2.14. The molecule has 0 aliphatic carbocycles. The topological polar surface area (TPSA) is 74.8 Å². The van der Waals surface area contributed by atoms with Crippen LogP contribution in [-0.2, 0) is 0 Å². The van der Waals surface area contributed by atoms with Crippen molar-refractivity contribution >= 4 is 109 Å². The Morgan fingerprint density at radius 2 is 0.879 bits per heavy atom. The third-order valence-corrected chi connectivity index (χ3v) is 13.5. The van der Waals surface area contributed by atoms with Crippen LogP contribution in [0, 0.1) is 0 Å². The predicted molar refractivity (Wildman–Crippen MR) is 269 cm³/mol. The van der Waals surface area contributed by atoms with Gasteiger partial charge in [0.1, 0.15) is 22.3 Å². The second kappa shape index (κ2) is 13.2. The van der Waals surface area contributed by atoms with Gasteiger partial charge in [-0.05, 0) is 82.9 Å². The van der Waals surface area contributed by atoms with Gasteiger partial charge in [0.2, 0.25) is 5.95 Å². The average molecular weight is 844 g/mol. The molecule has 0 amide bonds. The molecule has 5 heterocycles. The monoisotopic (exact) mass is 843 g/mol. The normalized spacial score (nSPS) is 12.2. The molecule has 7 heteroatoms. The lowest BCUT2D eigenvalue weighted by atomic mass is 10.0. The zero-order valence-electron chi connectivity index (χ0n) is 35.1. The highest BCUT2D eigenvalue weighted by atomic mass is 16.3. The lowest BCUT2D eigenvalue weighted by Crippen LogP contribution is -2.06. The van der Waals surface area contributed by atoms with Crippen molar-refractivity contribution in [2.24, 2.45) is 0 Å². The van der Waals surface area contributed by atoms with Crippen LogP contribution in [-0.4, -0.2) is 24.1 Å². The molecular weight excluding hydrogens is 811 g/mol. The van der Waals surface area contributed by atoms with E-state index in [4.69, 9.17) is 23.8 Å². The van der Waals surface area contributed by atoms with Gasteiger partial charge in [0.15, 0.2) is 11.6 Å². The number of para-hydroxylation sites is 4. The molecule has 306 valence electrons. The first-order valence-corrected chi connectivity index (χ1v) is 22.2. The molecule has 0 unspecified atom stereocenters. The van der Waals surface area contributed by atoms with Crippen LogP contribution in [0.2, 0.25) is 0 Å². The summed E-state index contributed by atoms with van der Waals surface area (Å²) in [4.78, 5) is 16.1. The summed E-state index contributed by atoms with van der Waals surface area (Å²) in [6.45, 7) is 0. The largest absolute Gasteiger partial charge is 0.456 e. The molecule has 66 heavy (non-hydrogen) atoms. The number of fused-ring (bicyclic) bond motifs is 15. The lowest BCUT2D eigenvalue weighted by molar-refractivity contribution is 0.669. The molecule has 0 fully saturated rings. The Morgan fingerprint density at radius 1 is 0.318 bits per heavy atom. The molecule has 0 bridgehead atoms. The van der Waals surface area contributed by atoms with Crippen LogP contribution in [0.25, 0.3) is 143 Å². The summed E-state index contributed by atoms with van der Waals surface area (Å²) in [5.74, 6) is 1.55. The standard InChI is InChI=1S/C59H33N5O2/c1-2-15-36-30-50-46(29-35(36)14-1)42-19-7-9-21-47(42)63(50)51-31-38(33-54-55(51)45-28-25-34-13-3-4-16-39(34)56(45)66-54)58-60-57(37-26-27-44-43-20-8-12-24-52(43)65-53(44)32-37)61-59(62-58)64-48-22-10-5-17-40(48)41-18-6-11-23-49(41)64/h1-33H. The fourth-order valence-corrected chi connectivity index (χ4v) is 10.6. The second-order valence-electron chi connectivity index (χ2n) is 17.2. The van der Waals surface area contributed by atoms with Crippen LogP contribution in [0.5, 0.6) is 0 Å². The number of furan rings is 2. The minimum atomic E-state index is 0.512. The van der Waals surface area contributed by atoms with Crippen LogP contribution in [0.3, 0.4) is 0 Å². The molecular formula is C59H33N5O2. The van der Waals surface area contributed by atoms with Crippen molar-refractivity contribution in [3.8, 4) is 34.4 Å². The molecule has 10 aromatic carbocycles. The predicted octanol–water partition coefficient (Wildman–Crippen LogP) is 15.5. The zero-order chi connectivity index (χ0) is 43.0. The number of hydrogen-bond acceptors (Lipinski definition) is 5. The molecule has 0 aliphatic rings. The molecule has 7 nitrogen and oxygen atoms in total. The van der Waals surface area contributed by atoms with Crippen LogP contribution in [0.1, 0.15) is 0 Å². The Bertz CT molecular complexity index is 4500. The van der Waals surface area contributed by atoms with Crippen molar-refractivity contribution in [1.82, 2.24) is 24.1 Å². The maximum Gasteiger partial charge on any atom is 0.238 e. The van der Waals surface area contributed by atoms with Gasteiger partial charge < -0.3 is 13.4 Å². The summed E-state index contributed by atoms with van der Waals surface area (Å²) in [7, 11) is 0. The highest BCUT2D eigenvalue weighted by Gasteiger charge is 2.24. The maximum atomic E-state index is 7.07. The Kier molecular flexibility index (Phi) is 7.10. The van der Waals surface area contributed by atoms with E-state index in [1.165, 1.54) is 21.5 Å². The quantitative estimate of drug-likeness (QED) is 0.176. The van der Waals surface area contributed by atoms with Crippen LogP contribution in [0.15, 0.2) is 209 Å². The van der Waals surface area contributed by atoms with E-state index < -0.39 is 0 Å². The van der Waals surface area contributed by atoms with Crippen molar-refractivity contribution < 1.29 is 8.83 Å². The average Bonchev–Trinajstić information content (AvgIpc) is 4.13. The van der Waals surface area contributed by atoms with Crippen molar-refractivity contribution in [1.29, 1.82) is 0 Å². The molecule has 0 spiro atoms. The van der Waals surface area contributed by atoms with Crippen molar-refractivity contribution in [2.45, 2.75) is 0 Å². The Hall–Kier alpha value is -9.07. The molecule has 0 atom stereocenters. The van der Waals surface area contributed by atoms with E-state index in [9.17, 15) is 0 Å². The van der Waals surface area contributed by atoms with Crippen LogP contribution < -0.4 is 0 Å². The van der Waals surface area contributed by atoms with E-state index in [2.05, 4.69) is 185 Å². The molecule has 5 aromatic heterocycles. The first-order chi connectivity index (χ1) is 32.7. The molecule has 0 N–H and O–H groups in total. The maximum absolute atomic E-state index is 7.07. The van der Waals surface area contributed by atoms with E-state index in [-0.39, 0.29) is 0 Å². The first kappa shape index (κ1) is 35.4. The highest BCUT2D eigenvalue weighted by molar-refractivity contribution is 6.20. The second-order valence-corrected chi connectivity index (χ2v) is 17.2. The fourth-order valence-electron chi connectivity index (χ4n) is 10.6. The van der Waals surface area contributed by atoms with Gasteiger partial charge in [-0.15, -0.1) is 0 Å². The van der Waals surface area contributed by atoms with E-state index in [0.29, 0.717) is 17.6 Å². The summed E-state index contributed by atoms with van der Waals surface area (Å²) in [6.07, 6.45) is 0. The van der Waals surface area contributed by atoms with E-state index in [1.807, 2.05) is 24.3 Å². The van der Waals surface area contributed by atoms with Gasteiger partial charge in [0.25, 0.3) is 0 Å². The van der Waals surface area contributed by atoms with Gasteiger partial charge >= 0.3 is 0 Å². The zero-order valence-corrected chi connectivity index (χ0v) is 35.1. The first-order valence-electron chi connectivity index (χ1n) is 22.2. The minimum Gasteiger partial charge on any atom is -0.456 e. The van der Waals surface area contributed by atoms with Crippen molar-refractivity contribution in [3.05, 3.63) is 200 Å². The summed E-state index contributed by atoms with van der Waals surface area (Å²) in [5.41, 5.74) is 9.99. The summed E-state index contributed by atoms with van der Waals surface area (Å²) in [6, 6.07) is 70.3. The van der Waals surface area contributed by atoms with E-state index in [1.54, 1.807) is 0 Å². The van der Waals surface area contributed by atoms with Gasteiger partial charge in [0, 0.05) is 54.2 Å². The number of aromatic nitrogens is 5. The number of nitrogens with zero attached hydrogens (tertiary/aromatic N) is 5. The van der Waals surface area contributed by atoms with Crippen LogP contribution in [0.4, 0.5) is 0 Å². The highest BCUT2D eigenvalue weighted by Crippen LogP contribution is 2.44. The van der Waals surface area contributed by atoms with Crippen LogP contribution >= 0.6 is 0 Å². The SMILES string of the molecule is c1ccc2cc3c(cc2c1)c1ccccc1n3-c1cc(-c2nc(-c3ccc4c(c3)oc3ccccc34)nc(-n3c4ccccc4c4ccccc43)n2)cc2oc3c4ccccc4ccc3c12. The molecule has 15 rings (SSSR count).